The highest BCUT2D eigenvalue weighted by atomic mass is 15.3. The van der Waals surface area contributed by atoms with Gasteiger partial charge in [-0.15, -0.1) is 0 Å². The van der Waals surface area contributed by atoms with E-state index in [4.69, 9.17) is 5.73 Å². The average Bonchev–Trinajstić information content (AvgIpc) is 2.72. The molecule has 15 heavy (non-hydrogen) atoms. The van der Waals surface area contributed by atoms with E-state index in [9.17, 15) is 0 Å². The number of hydrogen-bond acceptors (Lipinski definition) is 3. The zero-order valence-corrected chi connectivity index (χ0v) is 8.94. The standard InChI is InChI=1S/C10H15N5/c1-7(11)5-10-12-6-8(14-10)9-3-4-13-15(9)2/h3-4,6-7H,5,11H2,1-2H3,(H,12,14). The molecule has 2 aromatic heterocycles. The van der Waals surface area contributed by atoms with Gasteiger partial charge < -0.3 is 10.7 Å². The second-order valence-electron chi connectivity index (χ2n) is 3.77. The van der Waals surface area contributed by atoms with Crippen LogP contribution in [0.4, 0.5) is 0 Å². The van der Waals surface area contributed by atoms with Gasteiger partial charge in [0, 0.05) is 25.7 Å². The fourth-order valence-corrected chi connectivity index (χ4v) is 1.54. The Balaban J connectivity index is 2.24. The third kappa shape index (κ3) is 2.07. The number of nitrogens with zero attached hydrogens (tertiary/aromatic N) is 3. The van der Waals surface area contributed by atoms with Crippen LogP contribution in [0.25, 0.3) is 11.4 Å². The van der Waals surface area contributed by atoms with Gasteiger partial charge in [0.25, 0.3) is 0 Å². The van der Waals surface area contributed by atoms with Crippen molar-refractivity contribution in [1.29, 1.82) is 0 Å². The minimum atomic E-state index is 0.121. The van der Waals surface area contributed by atoms with Gasteiger partial charge >= 0.3 is 0 Å². The second-order valence-corrected chi connectivity index (χ2v) is 3.77. The van der Waals surface area contributed by atoms with E-state index in [-0.39, 0.29) is 6.04 Å². The van der Waals surface area contributed by atoms with E-state index in [0.29, 0.717) is 0 Å². The lowest BCUT2D eigenvalue weighted by Gasteiger charge is -2.00. The number of aryl methyl sites for hydroxylation is 1. The Hall–Kier alpha value is -1.62. The zero-order chi connectivity index (χ0) is 10.8. The first-order valence-corrected chi connectivity index (χ1v) is 4.94. The number of imidazole rings is 1. The zero-order valence-electron chi connectivity index (χ0n) is 8.94. The topological polar surface area (TPSA) is 72.5 Å². The minimum Gasteiger partial charge on any atom is -0.341 e. The predicted molar refractivity (Wildman–Crippen MR) is 58.1 cm³/mol. The van der Waals surface area contributed by atoms with Gasteiger partial charge in [0.2, 0.25) is 0 Å². The van der Waals surface area contributed by atoms with E-state index >= 15 is 0 Å². The molecule has 80 valence electrons. The van der Waals surface area contributed by atoms with E-state index in [1.165, 1.54) is 0 Å². The molecule has 2 rings (SSSR count). The number of aromatic nitrogens is 4. The van der Waals surface area contributed by atoms with Crippen LogP contribution in [0.5, 0.6) is 0 Å². The predicted octanol–water partition coefficient (Wildman–Crippen LogP) is 0.700. The van der Waals surface area contributed by atoms with Crippen molar-refractivity contribution >= 4 is 0 Å². The molecule has 1 unspecified atom stereocenters. The van der Waals surface area contributed by atoms with Crippen molar-refractivity contribution in [2.75, 3.05) is 0 Å². The van der Waals surface area contributed by atoms with Gasteiger partial charge in [0.15, 0.2) is 0 Å². The molecule has 0 fully saturated rings. The maximum absolute atomic E-state index is 5.70. The third-order valence-corrected chi connectivity index (χ3v) is 2.24. The molecule has 0 aliphatic rings. The monoisotopic (exact) mass is 205 g/mol. The molecule has 0 amide bonds. The SMILES string of the molecule is CC(N)Cc1ncc(-c2ccnn2C)[nH]1. The van der Waals surface area contributed by atoms with E-state index in [2.05, 4.69) is 15.1 Å². The Morgan fingerprint density at radius 3 is 3.00 bits per heavy atom. The highest BCUT2D eigenvalue weighted by molar-refractivity contribution is 5.53. The quantitative estimate of drug-likeness (QED) is 0.774. The molecular weight excluding hydrogens is 190 g/mol. The van der Waals surface area contributed by atoms with Crippen LogP contribution in [0, 0.1) is 0 Å². The number of H-pyrrole nitrogens is 1. The molecule has 2 aromatic rings. The Kier molecular flexibility index (Phi) is 2.55. The van der Waals surface area contributed by atoms with E-state index < -0.39 is 0 Å². The van der Waals surface area contributed by atoms with Gasteiger partial charge in [-0.3, -0.25) is 4.68 Å². The molecule has 0 saturated heterocycles. The summed E-state index contributed by atoms with van der Waals surface area (Å²) in [5.41, 5.74) is 7.71. The van der Waals surface area contributed by atoms with Gasteiger partial charge in [-0.05, 0) is 13.0 Å². The Morgan fingerprint density at radius 1 is 1.60 bits per heavy atom. The number of nitrogens with two attached hydrogens (primary N) is 1. The second kappa shape index (κ2) is 3.86. The van der Waals surface area contributed by atoms with Crippen molar-refractivity contribution in [2.24, 2.45) is 12.8 Å². The van der Waals surface area contributed by atoms with E-state index in [1.54, 1.807) is 6.20 Å². The molecule has 5 heteroatoms. The van der Waals surface area contributed by atoms with Crippen molar-refractivity contribution in [1.82, 2.24) is 19.7 Å². The smallest absolute Gasteiger partial charge is 0.108 e. The first-order valence-electron chi connectivity index (χ1n) is 4.94. The van der Waals surface area contributed by atoms with Crippen LogP contribution in [-0.4, -0.2) is 25.8 Å². The highest BCUT2D eigenvalue weighted by Gasteiger charge is 2.07. The third-order valence-electron chi connectivity index (χ3n) is 2.24. The maximum Gasteiger partial charge on any atom is 0.108 e. The van der Waals surface area contributed by atoms with Crippen LogP contribution < -0.4 is 5.73 Å². The Bertz CT molecular complexity index is 440. The molecule has 0 aliphatic heterocycles. The Morgan fingerprint density at radius 2 is 2.40 bits per heavy atom. The van der Waals surface area contributed by atoms with Crippen molar-refractivity contribution in [3.05, 3.63) is 24.3 Å². The summed E-state index contributed by atoms with van der Waals surface area (Å²) in [5.74, 6) is 0.918. The van der Waals surface area contributed by atoms with E-state index in [0.717, 1.165) is 23.6 Å². The number of aromatic amines is 1. The molecule has 3 N–H and O–H groups in total. The van der Waals surface area contributed by atoms with Gasteiger partial charge in [0.1, 0.15) is 5.82 Å². The molecule has 0 spiro atoms. The highest BCUT2D eigenvalue weighted by Crippen LogP contribution is 2.15. The molecule has 2 heterocycles. The summed E-state index contributed by atoms with van der Waals surface area (Å²) in [6, 6.07) is 2.07. The lowest BCUT2D eigenvalue weighted by atomic mass is 10.2. The van der Waals surface area contributed by atoms with Crippen molar-refractivity contribution in [3.63, 3.8) is 0 Å². The minimum absolute atomic E-state index is 0.121. The van der Waals surface area contributed by atoms with Crippen LogP contribution in [0.1, 0.15) is 12.7 Å². The fourth-order valence-electron chi connectivity index (χ4n) is 1.54. The largest absolute Gasteiger partial charge is 0.341 e. The first-order chi connectivity index (χ1) is 7.16. The Labute approximate surface area is 88.3 Å². The van der Waals surface area contributed by atoms with Gasteiger partial charge in [-0.1, -0.05) is 0 Å². The van der Waals surface area contributed by atoms with Gasteiger partial charge in [-0.25, -0.2) is 4.98 Å². The first kappa shape index (κ1) is 9.92. The fraction of sp³-hybridized carbons (Fsp3) is 0.400. The summed E-state index contributed by atoms with van der Waals surface area (Å²) in [5, 5.41) is 4.11. The molecule has 0 radical (unpaired) electrons. The molecule has 1 atom stereocenters. The summed E-state index contributed by atoms with van der Waals surface area (Å²) in [7, 11) is 1.90. The summed E-state index contributed by atoms with van der Waals surface area (Å²) in [6.45, 7) is 1.96. The van der Waals surface area contributed by atoms with Crippen LogP contribution in [-0.2, 0) is 13.5 Å². The van der Waals surface area contributed by atoms with Gasteiger partial charge in [0.05, 0.1) is 17.6 Å². The molecule has 0 aromatic carbocycles. The van der Waals surface area contributed by atoms with Crippen LogP contribution in [0.3, 0.4) is 0 Å². The lowest BCUT2D eigenvalue weighted by Crippen LogP contribution is -2.18. The number of rotatable bonds is 3. The summed E-state index contributed by atoms with van der Waals surface area (Å²) >= 11 is 0. The van der Waals surface area contributed by atoms with Gasteiger partial charge in [-0.2, -0.15) is 5.10 Å². The summed E-state index contributed by atoms with van der Waals surface area (Å²) in [6.07, 6.45) is 4.34. The number of nitrogens with one attached hydrogen (secondary N) is 1. The average molecular weight is 205 g/mol. The van der Waals surface area contributed by atoms with Crippen LogP contribution >= 0.6 is 0 Å². The van der Waals surface area contributed by atoms with Crippen molar-refractivity contribution in [2.45, 2.75) is 19.4 Å². The van der Waals surface area contributed by atoms with Crippen LogP contribution in [0.2, 0.25) is 0 Å². The van der Waals surface area contributed by atoms with Crippen molar-refractivity contribution in [3.8, 4) is 11.4 Å². The maximum atomic E-state index is 5.70. The summed E-state index contributed by atoms with van der Waals surface area (Å²) in [4.78, 5) is 7.51. The molecule has 0 aliphatic carbocycles. The molecule has 0 bridgehead atoms. The van der Waals surface area contributed by atoms with E-state index in [1.807, 2.05) is 30.9 Å². The number of hydrogen-bond donors (Lipinski definition) is 2. The molecule has 5 nitrogen and oxygen atoms in total. The lowest BCUT2D eigenvalue weighted by molar-refractivity contribution is 0.709. The molecule has 0 saturated carbocycles. The van der Waals surface area contributed by atoms with Crippen LogP contribution in [0.15, 0.2) is 18.5 Å². The molecular formula is C10H15N5. The van der Waals surface area contributed by atoms with Crippen molar-refractivity contribution < 1.29 is 0 Å². The summed E-state index contributed by atoms with van der Waals surface area (Å²) < 4.78 is 1.81. The normalized spacial score (nSPS) is 13.0.